The fourth-order valence-corrected chi connectivity index (χ4v) is 3.14. The van der Waals surface area contributed by atoms with E-state index in [1.165, 1.54) is 12.1 Å². The molecule has 0 bridgehead atoms. The van der Waals surface area contributed by atoms with Crippen LogP contribution < -0.4 is 5.73 Å². The number of carbonyl (C=O) groups is 1. The SMILES string of the molecule is N[C@@H](CC(=O)N1CCSC1)Cc1ccc(C(F)(F)F)cc1. The van der Waals surface area contributed by atoms with Crippen LogP contribution in [-0.2, 0) is 17.4 Å². The van der Waals surface area contributed by atoms with Gasteiger partial charge in [0, 0.05) is 24.8 Å². The van der Waals surface area contributed by atoms with Gasteiger partial charge in [-0.25, -0.2) is 0 Å². The number of amides is 1. The Kier molecular flexibility index (Phi) is 5.16. The summed E-state index contributed by atoms with van der Waals surface area (Å²) in [5.41, 5.74) is 5.95. The van der Waals surface area contributed by atoms with Gasteiger partial charge < -0.3 is 10.6 Å². The lowest BCUT2D eigenvalue weighted by atomic mass is 10.0. The third kappa shape index (κ3) is 4.64. The minimum atomic E-state index is -4.33. The summed E-state index contributed by atoms with van der Waals surface area (Å²) in [7, 11) is 0. The molecule has 1 atom stereocenters. The maximum atomic E-state index is 12.4. The van der Waals surface area contributed by atoms with Crippen LogP contribution in [0.2, 0.25) is 0 Å². The lowest BCUT2D eigenvalue weighted by Gasteiger charge is -2.18. The monoisotopic (exact) mass is 318 g/mol. The Hall–Kier alpha value is -1.21. The quantitative estimate of drug-likeness (QED) is 0.928. The molecular weight excluding hydrogens is 301 g/mol. The molecule has 0 saturated carbocycles. The first kappa shape index (κ1) is 16.2. The van der Waals surface area contributed by atoms with E-state index in [9.17, 15) is 18.0 Å². The summed E-state index contributed by atoms with van der Waals surface area (Å²) in [4.78, 5) is 13.7. The summed E-state index contributed by atoms with van der Waals surface area (Å²) in [5, 5.41) is 0. The maximum Gasteiger partial charge on any atom is 0.416 e. The fourth-order valence-electron chi connectivity index (χ4n) is 2.17. The highest BCUT2D eigenvalue weighted by molar-refractivity contribution is 7.99. The van der Waals surface area contributed by atoms with E-state index in [0.717, 1.165) is 24.4 Å². The van der Waals surface area contributed by atoms with Gasteiger partial charge in [0.25, 0.3) is 0 Å². The highest BCUT2D eigenvalue weighted by atomic mass is 32.2. The Balaban J connectivity index is 1.87. The van der Waals surface area contributed by atoms with Gasteiger partial charge >= 0.3 is 6.18 Å². The minimum absolute atomic E-state index is 0.0133. The van der Waals surface area contributed by atoms with E-state index in [1.54, 1.807) is 16.7 Å². The van der Waals surface area contributed by atoms with Crippen LogP contribution >= 0.6 is 11.8 Å². The summed E-state index contributed by atoms with van der Waals surface area (Å²) in [6.45, 7) is 0.747. The van der Waals surface area contributed by atoms with Crippen LogP contribution in [0.5, 0.6) is 0 Å². The topological polar surface area (TPSA) is 46.3 Å². The molecule has 2 N–H and O–H groups in total. The van der Waals surface area contributed by atoms with Crippen LogP contribution in [0.3, 0.4) is 0 Å². The van der Waals surface area contributed by atoms with Crippen molar-refractivity contribution in [3.63, 3.8) is 0 Å². The molecule has 116 valence electrons. The Morgan fingerprint density at radius 3 is 2.52 bits per heavy atom. The molecule has 21 heavy (non-hydrogen) atoms. The van der Waals surface area contributed by atoms with Crippen molar-refractivity contribution in [2.45, 2.75) is 25.1 Å². The number of nitrogens with zero attached hydrogens (tertiary/aromatic N) is 1. The van der Waals surface area contributed by atoms with E-state index in [2.05, 4.69) is 0 Å². The van der Waals surface area contributed by atoms with Gasteiger partial charge in [-0.15, -0.1) is 11.8 Å². The van der Waals surface area contributed by atoms with Gasteiger partial charge in [-0.1, -0.05) is 12.1 Å². The standard InChI is InChI=1S/C14H17F3N2OS/c15-14(16,17)11-3-1-10(2-4-11)7-12(18)8-13(20)19-5-6-21-9-19/h1-4,12H,5-9,18H2/t12-/m1/s1. The van der Waals surface area contributed by atoms with Crippen LogP contribution in [0.25, 0.3) is 0 Å². The van der Waals surface area contributed by atoms with Gasteiger partial charge in [0.2, 0.25) is 5.91 Å². The Morgan fingerprint density at radius 2 is 2.00 bits per heavy atom. The molecule has 1 fully saturated rings. The summed E-state index contributed by atoms with van der Waals surface area (Å²) >= 11 is 1.70. The second-order valence-corrected chi connectivity index (χ2v) is 6.13. The zero-order chi connectivity index (χ0) is 15.5. The molecule has 1 aromatic carbocycles. The van der Waals surface area contributed by atoms with Crippen molar-refractivity contribution in [3.8, 4) is 0 Å². The van der Waals surface area contributed by atoms with Crippen molar-refractivity contribution < 1.29 is 18.0 Å². The third-order valence-corrected chi connectivity index (χ3v) is 4.29. The second kappa shape index (κ2) is 6.70. The predicted molar refractivity (Wildman–Crippen MR) is 76.8 cm³/mol. The van der Waals surface area contributed by atoms with Gasteiger partial charge in [0.15, 0.2) is 0 Å². The highest BCUT2D eigenvalue weighted by Crippen LogP contribution is 2.29. The van der Waals surface area contributed by atoms with E-state index in [4.69, 9.17) is 5.73 Å². The molecule has 0 radical (unpaired) electrons. The average Bonchev–Trinajstić information content (AvgIpc) is 2.92. The van der Waals surface area contributed by atoms with Crippen LogP contribution in [0.15, 0.2) is 24.3 Å². The minimum Gasteiger partial charge on any atom is -0.333 e. The lowest BCUT2D eigenvalue weighted by Crippen LogP contribution is -2.35. The van der Waals surface area contributed by atoms with Gasteiger partial charge in [0.05, 0.1) is 11.4 Å². The first-order valence-corrected chi connectivity index (χ1v) is 7.79. The van der Waals surface area contributed by atoms with Gasteiger partial charge in [0.1, 0.15) is 0 Å². The molecular formula is C14H17F3N2OS. The zero-order valence-electron chi connectivity index (χ0n) is 11.4. The summed E-state index contributed by atoms with van der Waals surface area (Å²) < 4.78 is 37.3. The van der Waals surface area contributed by atoms with E-state index < -0.39 is 11.7 Å². The van der Waals surface area contributed by atoms with E-state index in [-0.39, 0.29) is 18.4 Å². The molecule has 1 amide bonds. The van der Waals surface area contributed by atoms with Gasteiger partial charge in [-0.3, -0.25) is 4.79 Å². The van der Waals surface area contributed by atoms with Gasteiger partial charge in [-0.2, -0.15) is 13.2 Å². The van der Waals surface area contributed by atoms with Crippen molar-refractivity contribution in [1.29, 1.82) is 0 Å². The Labute approximate surface area is 125 Å². The lowest BCUT2D eigenvalue weighted by molar-refractivity contribution is -0.137. The first-order valence-electron chi connectivity index (χ1n) is 6.63. The number of carbonyl (C=O) groups excluding carboxylic acids is 1. The summed E-state index contributed by atoms with van der Waals surface area (Å²) in [6.07, 6.45) is -3.71. The van der Waals surface area contributed by atoms with E-state index >= 15 is 0 Å². The fraction of sp³-hybridized carbons (Fsp3) is 0.500. The molecule has 2 rings (SSSR count). The number of hydrogen-bond acceptors (Lipinski definition) is 3. The smallest absolute Gasteiger partial charge is 0.333 e. The molecule has 0 aromatic heterocycles. The molecule has 7 heteroatoms. The van der Waals surface area contributed by atoms with Crippen molar-refractivity contribution in [2.75, 3.05) is 18.2 Å². The number of benzene rings is 1. The van der Waals surface area contributed by atoms with Crippen LogP contribution in [0, 0.1) is 0 Å². The van der Waals surface area contributed by atoms with Crippen molar-refractivity contribution in [2.24, 2.45) is 5.73 Å². The third-order valence-electron chi connectivity index (χ3n) is 3.32. The highest BCUT2D eigenvalue weighted by Gasteiger charge is 2.30. The van der Waals surface area contributed by atoms with Crippen LogP contribution in [-0.4, -0.2) is 35.0 Å². The molecule has 1 aliphatic rings. The molecule has 0 aliphatic carbocycles. The molecule has 0 unspecified atom stereocenters. The first-order chi connectivity index (χ1) is 9.86. The summed E-state index contributed by atoms with van der Waals surface area (Å²) in [5.74, 6) is 1.66. The van der Waals surface area contributed by atoms with Crippen molar-refractivity contribution in [1.82, 2.24) is 4.90 Å². The average molecular weight is 318 g/mol. The molecule has 1 heterocycles. The van der Waals surface area contributed by atoms with Crippen LogP contribution in [0.4, 0.5) is 13.2 Å². The molecule has 1 aromatic rings. The number of halogens is 3. The largest absolute Gasteiger partial charge is 0.416 e. The Bertz CT molecular complexity index is 484. The number of rotatable bonds is 4. The number of alkyl halides is 3. The number of hydrogen-bond donors (Lipinski definition) is 1. The molecule has 1 aliphatic heterocycles. The molecule has 3 nitrogen and oxygen atoms in total. The zero-order valence-corrected chi connectivity index (χ0v) is 12.2. The van der Waals surface area contributed by atoms with Gasteiger partial charge in [-0.05, 0) is 24.1 Å². The van der Waals surface area contributed by atoms with Crippen LogP contribution in [0.1, 0.15) is 17.5 Å². The predicted octanol–water partition coefficient (Wildman–Crippen LogP) is 2.50. The molecule has 0 spiro atoms. The number of nitrogens with two attached hydrogens (primary N) is 1. The van der Waals surface area contributed by atoms with E-state index in [1.807, 2.05) is 0 Å². The number of thioether (sulfide) groups is 1. The Morgan fingerprint density at radius 1 is 1.33 bits per heavy atom. The van der Waals surface area contributed by atoms with E-state index in [0.29, 0.717) is 17.9 Å². The van der Waals surface area contributed by atoms with Crippen molar-refractivity contribution in [3.05, 3.63) is 35.4 Å². The summed E-state index contributed by atoms with van der Waals surface area (Å²) in [6, 6.07) is 4.54. The molecule has 1 saturated heterocycles. The normalized spacial score (nSPS) is 17.0. The maximum absolute atomic E-state index is 12.4. The second-order valence-electron chi connectivity index (χ2n) is 5.06. The van der Waals surface area contributed by atoms with Crippen molar-refractivity contribution >= 4 is 17.7 Å².